The van der Waals surface area contributed by atoms with Gasteiger partial charge in [0.25, 0.3) is 0 Å². The predicted molar refractivity (Wildman–Crippen MR) is 177 cm³/mol. The number of ether oxygens (including phenoxy) is 4. The molecule has 2 heterocycles. The summed E-state index contributed by atoms with van der Waals surface area (Å²) in [6.07, 6.45) is 4.38. The zero-order valence-corrected chi connectivity index (χ0v) is 29.1. The minimum absolute atomic E-state index is 0.190. The van der Waals surface area contributed by atoms with E-state index in [1.807, 2.05) is 65.0 Å². The smallest absolute Gasteiger partial charge is 0.331 e. The summed E-state index contributed by atoms with van der Waals surface area (Å²) in [5.74, 6) is -3.20. The van der Waals surface area contributed by atoms with Gasteiger partial charge in [0, 0.05) is 65.6 Å². The molecule has 0 radical (unpaired) electrons. The highest BCUT2D eigenvalue weighted by Crippen LogP contribution is 2.73. The number of esters is 4. The van der Waals surface area contributed by atoms with Crippen LogP contribution >= 0.6 is 0 Å². The lowest BCUT2D eigenvalue weighted by Gasteiger charge is -2.71. The van der Waals surface area contributed by atoms with Gasteiger partial charge < -0.3 is 28.5 Å². The molecule has 2 aromatic rings. The lowest BCUT2D eigenvalue weighted by Crippen LogP contribution is -2.75. The molecule has 3 saturated carbocycles. The average molecular weight is 675 g/mol. The number of aliphatic hydroxyl groups excluding tert-OH is 1. The molecule has 0 amide bonds. The third-order valence-corrected chi connectivity index (χ3v) is 12.3. The summed E-state index contributed by atoms with van der Waals surface area (Å²) in [5.41, 5.74) is -1.42. The van der Waals surface area contributed by atoms with E-state index in [1.165, 1.54) is 32.3 Å². The number of fused-ring (bicyclic) bond motifs is 5. The fraction of sp³-hybridized carbons (Fsp3) is 0.538. The maximum absolute atomic E-state index is 13.6. The van der Waals surface area contributed by atoms with E-state index in [4.69, 9.17) is 23.4 Å². The number of hydrogen-bond acceptors (Lipinski definition) is 10. The van der Waals surface area contributed by atoms with Crippen molar-refractivity contribution in [3.05, 3.63) is 77.8 Å². The van der Waals surface area contributed by atoms with Crippen molar-refractivity contribution in [2.45, 2.75) is 98.2 Å². The van der Waals surface area contributed by atoms with Crippen LogP contribution in [0.15, 0.2) is 71.1 Å². The quantitative estimate of drug-likeness (QED) is 0.216. The molecule has 0 saturated heterocycles. The number of aliphatic hydroxyl groups is 1. The number of furan rings is 1. The fourth-order valence-electron chi connectivity index (χ4n) is 10.4. The van der Waals surface area contributed by atoms with Gasteiger partial charge >= 0.3 is 23.9 Å². The molecule has 0 spiro atoms. The van der Waals surface area contributed by atoms with Gasteiger partial charge in [-0.15, -0.1) is 0 Å². The van der Waals surface area contributed by atoms with Gasteiger partial charge in [0.05, 0.1) is 12.5 Å². The first-order valence-electron chi connectivity index (χ1n) is 17.0. The number of carbonyl (C=O) groups excluding carboxylic acids is 4. The molecule has 6 rings (SSSR count). The first-order valence-corrected chi connectivity index (χ1v) is 17.0. The third kappa shape index (κ3) is 5.52. The van der Waals surface area contributed by atoms with Crippen LogP contribution in [0.25, 0.3) is 6.08 Å². The Hall–Kier alpha value is -4.18. The van der Waals surface area contributed by atoms with Gasteiger partial charge in [-0.1, -0.05) is 65.0 Å². The van der Waals surface area contributed by atoms with E-state index in [2.05, 4.69) is 0 Å². The second-order valence-electron chi connectivity index (χ2n) is 15.4. The Morgan fingerprint density at radius 1 is 0.939 bits per heavy atom. The van der Waals surface area contributed by atoms with E-state index in [0.29, 0.717) is 24.0 Å². The Labute approximate surface area is 286 Å². The van der Waals surface area contributed by atoms with Gasteiger partial charge in [-0.3, -0.25) is 9.59 Å². The summed E-state index contributed by atoms with van der Waals surface area (Å²) in [4.78, 5) is 52.2. The Bertz CT molecular complexity index is 1670. The topological polar surface area (TPSA) is 139 Å². The van der Waals surface area contributed by atoms with Crippen LogP contribution in [0.1, 0.15) is 85.0 Å². The van der Waals surface area contributed by atoms with E-state index in [1.54, 1.807) is 18.4 Å². The lowest BCUT2D eigenvalue weighted by atomic mass is 9.35. The van der Waals surface area contributed by atoms with Crippen LogP contribution < -0.4 is 0 Å². The molecule has 4 aliphatic rings. The molecule has 3 fully saturated rings. The van der Waals surface area contributed by atoms with Crippen molar-refractivity contribution in [3.8, 4) is 0 Å². The van der Waals surface area contributed by atoms with Crippen molar-refractivity contribution in [1.82, 2.24) is 0 Å². The molecule has 10 atom stereocenters. The van der Waals surface area contributed by atoms with Crippen molar-refractivity contribution in [1.29, 1.82) is 0 Å². The number of cyclic esters (lactones) is 1. The Kier molecular flexibility index (Phi) is 8.70. The molecule has 49 heavy (non-hydrogen) atoms. The third-order valence-electron chi connectivity index (χ3n) is 12.3. The first-order chi connectivity index (χ1) is 23.0. The standard InChI is InChI=1S/C39H46O10/c1-22(40)46-28-20-29(48-30(42)14-13-24-11-9-8-10-12-24)39(7)26-15-17-37(5)27(19-31(43)49-35(37)25-16-18-45-21-25)38(26,6)34(44)32(47-23(2)41)33(39)36(28,3)4/h8-14,16,18-19,21,26,28-29,32-35,44H,15,17,20H2,1-7H3. The fourth-order valence-corrected chi connectivity index (χ4v) is 10.4. The van der Waals surface area contributed by atoms with Crippen LogP contribution in [-0.2, 0) is 38.1 Å². The van der Waals surface area contributed by atoms with Crippen LogP contribution in [0.4, 0.5) is 0 Å². The number of rotatable bonds is 6. The molecule has 0 bridgehead atoms. The van der Waals surface area contributed by atoms with Crippen LogP contribution in [0.3, 0.4) is 0 Å². The monoisotopic (exact) mass is 674 g/mol. The molecular formula is C39H46O10. The SMILES string of the molecule is CC(=O)OC1C(O)C2(C)C3=CC(=O)OC(c4ccoc4)C3(C)CCC2C2(C)C(OC(=O)C=Cc3ccccc3)CC(OC(C)=O)C(C)(C)C12. The van der Waals surface area contributed by atoms with Gasteiger partial charge in [0.2, 0.25) is 0 Å². The van der Waals surface area contributed by atoms with Crippen LogP contribution in [0, 0.1) is 33.5 Å². The molecule has 10 heteroatoms. The molecule has 1 aromatic carbocycles. The van der Waals surface area contributed by atoms with Gasteiger partial charge in [0.15, 0.2) is 0 Å². The second-order valence-corrected chi connectivity index (χ2v) is 15.4. The Balaban J connectivity index is 1.51. The van der Waals surface area contributed by atoms with Crippen LogP contribution in [-0.4, -0.2) is 53.4 Å². The molecule has 1 N–H and O–H groups in total. The maximum Gasteiger partial charge on any atom is 0.331 e. The van der Waals surface area contributed by atoms with Crippen LogP contribution in [0.2, 0.25) is 0 Å². The Morgan fingerprint density at radius 2 is 1.63 bits per heavy atom. The predicted octanol–water partition coefficient (Wildman–Crippen LogP) is 6.14. The highest BCUT2D eigenvalue weighted by atomic mass is 16.6. The normalized spacial score (nSPS) is 37.8. The first kappa shape index (κ1) is 34.7. The summed E-state index contributed by atoms with van der Waals surface area (Å²) >= 11 is 0. The minimum Gasteiger partial charge on any atom is -0.472 e. The number of hydrogen-bond donors (Lipinski definition) is 1. The van der Waals surface area contributed by atoms with E-state index >= 15 is 0 Å². The molecule has 10 nitrogen and oxygen atoms in total. The molecular weight excluding hydrogens is 628 g/mol. The van der Waals surface area contributed by atoms with Gasteiger partial charge in [-0.25, -0.2) is 9.59 Å². The zero-order valence-electron chi connectivity index (χ0n) is 29.1. The van der Waals surface area contributed by atoms with Gasteiger partial charge in [-0.2, -0.15) is 0 Å². The highest BCUT2D eigenvalue weighted by Gasteiger charge is 2.75. The van der Waals surface area contributed by atoms with E-state index in [-0.39, 0.29) is 12.3 Å². The van der Waals surface area contributed by atoms with Crippen molar-refractivity contribution in [3.63, 3.8) is 0 Å². The number of carbonyl (C=O) groups is 4. The molecule has 1 aliphatic heterocycles. The second kappa shape index (κ2) is 12.3. The maximum atomic E-state index is 13.6. The van der Waals surface area contributed by atoms with Gasteiger partial charge in [0.1, 0.15) is 30.5 Å². The average Bonchev–Trinajstić information content (AvgIpc) is 3.56. The van der Waals surface area contributed by atoms with E-state index in [9.17, 15) is 24.3 Å². The van der Waals surface area contributed by atoms with E-state index < -0.39 is 82.0 Å². The summed E-state index contributed by atoms with van der Waals surface area (Å²) < 4.78 is 29.7. The van der Waals surface area contributed by atoms with Crippen molar-refractivity contribution >= 4 is 30.0 Å². The minimum atomic E-state index is -1.27. The summed E-state index contributed by atoms with van der Waals surface area (Å²) in [5, 5.41) is 12.6. The molecule has 3 aliphatic carbocycles. The highest BCUT2D eigenvalue weighted by molar-refractivity contribution is 5.87. The molecule has 1 aromatic heterocycles. The largest absolute Gasteiger partial charge is 0.472 e. The van der Waals surface area contributed by atoms with Crippen molar-refractivity contribution in [2.24, 2.45) is 33.5 Å². The number of benzene rings is 1. The summed E-state index contributed by atoms with van der Waals surface area (Å²) in [6, 6.07) is 11.1. The van der Waals surface area contributed by atoms with Crippen molar-refractivity contribution in [2.75, 3.05) is 0 Å². The van der Waals surface area contributed by atoms with E-state index in [0.717, 1.165) is 5.56 Å². The Morgan fingerprint density at radius 3 is 2.27 bits per heavy atom. The van der Waals surface area contributed by atoms with Gasteiger partial charge in [-0.05, 0) is 42.0 Å². The molecule has 262 valence electrons. The van der Waals surface area contributed by atoms with Crippen LogP contribution in [0.5, 0.6) is 0 Å². The lowest BCUT2D eigenvalue weighted by molar-refractivity contribution is -0.297. The summed E-state index contributed by atoms with van der Waals surface area (Å²) in [6.45, 7) is 12.5. The van der Waals surface area contributed by atoms with Crippen molar-refractivity contribution < 1.29 is 47.6 Å². The zero-order chi connectivity index (χ0) is 35.5. The molecule has 10 unspecified atom stereocenters. The summed E-state index contributed by atoms with van der Waals surface area (Å²) in [7, 11) is 0.